The molecule has 0 radical (unpaired) electrons. The molecule has 1 N–H and O–H groups in total. The maximum absolute atomic E-state index is 12.3. The summed E-state index contributed by atoms with van der Waals surface area (Å²) in [5, 5.41) is 3.43. The molecule has 8 heteroatoms. The zero-order valence-electron chi connectivity index (χ0n) is 18.9. The van der Waals surface area contributed by atoms with Crippen molar-refractivity contribution in [2.45, 2.75) is 51.9 Å². The summed E-state index contributed by atoms with van der Waals surface area (Å²) in [5.74, 6) is 1.14. The predicted molar refractivity (Wildman–Crippen MR) is 123 cm³/mol. The maximum atomic E-state index is 12.3. The average molecular weight is 436 g/mol. The fourth-order valence-corrected chi connectivity index (χ4v) is 3.61. The van der Waals surface area contributed by atoms with Crippen molar-refractivity contribution in [1.29, 1.82) is 0 Å². The highest BCUT2D eigenvalue weighted by molar-refractivity contribution is 5.85. The minimum atomic E-state index is -0.518. The van der Waals surface area contributed by atoms with Crippen molar-refractivity contribution in [1.82, 2.24) is 19.9 Å². The van der Waals surface area contributed by atoms with Crippen molar-refractivity contribution in [2.75, 3.05) is 18.4 Å². The van der Waals surface area contributed by atoms with Crippen molar-refractivity contribution >= 4 is 22.9 Å². The number of aromatic nitrogens is 3. The first kappa shape index (κ1) is 21.8. The van der Waals surface area contributed by atoms with Gasteiger partial charge in [0.15, 0.2) is 5.82 Å². The van der Waals surface area contributed by atoms with Gasteiger partial charge in [-0.3, -0.25) is 0 Å². The third-order valence-electron chi connectivity index (χ3n) is 5.19. The number of anilines is 1. The van der Waals surface area contributed by atoms with Crippen LogP contribution in [-0.2, 0) is 4.74 Å². The van der Waals surface area contributed by atoms with Gasteiger partial charge in [-0.15, -0.1) is 0 Å². The molecule has 2 atom stereocenters. The number of likely N-dealkylation sites (tertiary alicyclic amines) is 1. The highest BCUT2D eigenvalue weighted by atomic mass is 16.6. The zero-order chi connectivity index (χ0) is 22.7. The Hall–Kier alpha value is -3.42. The molecule has 0 aliphatic carbocycles. The highest BCUT2D eigenvalue weighted by Crippen LogP contribution is 2.26. The van der Waals surface area contributed by atoms with E-state index in [1.54, 1.807) is 11.0 Å². The third kappa shape index (κ3) is 5.25. The zero-order valence-corrected chi connectivity index (χ0v) is 18.9. The lowest BCUT2D eigenvalue weighted by atomic mass is 10.1. The van der Waals surface area contributed by atoms with Crippen molar-refractivity contribution < 1.29 is 14.3 Å². The predicted octanol–water partition coefficient (Wildman–Crippen LogP) is 4.59. The van der Waals surface area contributed by atoms with E-state index in [2.05, 4.69) is 39.3 Å². The van der Waals surface area contributed by atoms with E-state index >= 15 is 0 Å². The SMILES string of the molecule is C[C@H](Nc1ncnc2ccc(O[C@H]3CCN(C(=O)OC(C)(C)C)C3)nc12)c1ccccc1. The molecule has 3 heterocycles. The number of carbonyl (C=O) groups is 1. The van der Waals surface area contributed by atoms with Crippen LogP contribution < -0.4 is 10.1 Å². The number of hydrogen-bond donors (Lipinski definition) is 1. The van der Waals surface area contributed by atoms with E-state index in [1.165, 1.54) is 6.33 Å². The number of nitrogens with zero attached hydrogens (tertiary/aromatic N) is 4. The minimum absolute atomic E-state index is 0.0536. The summed E-state index contributed by atoms with van der Waals surface area (Å²) in [6, 6.07) is 13.9. The van der Waals surface area contributed by atoms with Crippen LogP contribution in [0.3, 0.4) is 0 Å². The normalized spacial score (nSPS) is 17.2. The van der Waals surface area contributed by atoms with Crippen molar-refractivity contribution in [3.63, 3.8) is 0 Å². The second kappa shape index (κ2) is 8.98. The Labute approximate surface area is 188 Å². The van der Waals surface area contributed by atoms with E-state index < -0.39 is 5.60 Å². The van der Waals surface area contributed by atoms with Crippen molar-refractivity contribution in [3.05, 3.63) is 54.4 Å². The lowest BCUT2D eigenvalue weighted by Gasteiger charge is -2.24. The number of fused-ring (bicyclic) bond motifs is 1. The molecule has 0 bridgehead atoms. The Morgan fingerprint density at radius 1 is 1.16 bits per heavy atom. The second-order valence-corrected chi connectivity index (χ2v) is 8.97. The van der Waals surface area contributed by atoms with E-state index in [1.807, 2.05) is 45.0 Å². The lowest BCUT2D eigenvalue weighted by Crippen LogP contribution is -2.36. The van der Waals surface area contributed by atoms with Gasteiger partial charge >= 0.3 is 6.09 Å². The summed E-state index contributed by atoms with van der Waals surface area (Å²) >= 11 is 0. The first-order valence-corrected chi connectivity index (χ1v) is 10.9. The van der Waals surface area contributed by atoms with Gasteiger partial charge in [0.2, 0.25) is 5.88 Å². The number of ether oxygens (including phenoxy) is 2. The van der Waals surface area contributed by atoms with Gasteiger partial charge in [0.05, 0.1) is 18.1 Å². The molecule has 168 valence electrons. The first-order chi connectivity index (χ1) is 15.3. The molecule has 1 saturated heterocycles. The summed E-state index contributed by atoms with van der Waals surface area (Å²) in [6.07, 6.45) is 1.79. The van der Waals surface area contributed by atoms with Crippen LogP contribution in [0.1, 0.15) is 45.7 Å². The fraction of sp³-hybridized carbons (Fsp3) is 0.417. The van der Waals surface area contributed by atoms with Crippen LogP contribution in [0.2, 0.25) is 0 Å². The first-order valence-electron chi connectivity index (χ1n) is 10.9. The molecule has 1 fully saturated rings. The second-order valence-electron chi connectivity index (χ2n) is 8.97. The molecular formula is C24H29N5O3. The largest absolute Gasteiger partial charge is 0.472 e. The summed E-state index contributed by atoms with van der Waals surface area (Å²) < 4.78 is 11.6. The number of hydrogen-bond acceptors (Lipinski definition) is 7. The van der Waals surface area contributed by atoms with Gasteiger partial charge in [-0.2, -0.15) is 0 Å². The maximum Gasteiger partial charge on any atom is 0.410 e. The van der Waals surface area contributed by atoms with E-state index in [0.717, 1.165) is 17.5 Å². The topological polar surface area (TPSA) is 89.5 Å². The number of benzene rings is 1. The molecule has 1 aliphatic rings. The number of carbonyl (C=O) groups excluding carboxylic acids is 1. The molecule has 32 heavy (non-hydrogen) atoms. The monoisotopic (exact) mass is 435 g/mol. The number of nitrogens with one attached hydrogen (secondary N) is 1. The van der Waals surface area contributed by atoms with Gasteiger partial charge < -0.3 is 19.7 Å². The Balaban J connectivity index is 1.47. The molecule has 8 nitrogen and oxygen atoms in total. The number of amides is 1. The van der Waals surface area contributed by atoms with Crippen LogP contribution in [0, 0.1) is 0 Å². The standard InChI is InChI=1S/C24H29N5O3/c1-16(17-8-6-5-7-9-17)27-22-21-19(25-15-26-22)10-11-20(28-21)31-18-12-13-29(14-18)23(30)32-24(2,3)4/h5-11,15-16,18H,12-14H2,1-4H3,(H,25,26,27)/t16-,18-/m0/s1. The van der Waals surface area contributed by atoms with Gasteiger partial charge in [-0.1, -0.05) is 30.3 Å². The molecule has 4 rings (SSSR count). The minimum Gasteiger partial charge on any atom is -0.472 e. The van der Waals surface area contributed by atoms with Crippen molar-refractivity contribution in [3.8, 4) is 5.88 Å². The van der Waals surface area contributed by atoms with Crippen LogP contribution in [-0.4, -0.2) is 50.7 Å². The summed E-state index contributed by atoms with van der Waals surface area (Å²) in [7, 11) is 0. The average Bonchev–Trinajstić information content (AvgIpc) is 3.22. The smallest absolute Gasteiger partial charge is 0.410 e. The van der Waals surface area contributed by atoms with Gasteiger partial charge in [0, 0.05) is 19.0 Å². The van der Waals surface area contributed by atoms with Gasteiger partial charge in [0.25, 0.3) is 0 Å². The van der Waals surface area contributed by atoms with Crippen LogP contribution >= 0.6 is 0 Å². The quantitative estimate of drug-likeness (QED) is 0.627. The summed E-state index contributed by atoms with van der Waals surface area (Å²) in [4.78, 5) is 27.4. The van der Waals surface area contributed by atoms with Crippen LogP contribution in [0.15, 0.2) is 48.8 Å². The Morgan fingerprint density at radius 3 is 2.69 bits per heavy atom. The molecule has 0 unspecified atom stereocenters. The molecule has 1 amide bonds. The number of rotatable bonds is 5. The highest BCUT2D eigenvalue weighted by Gasteiger charge is 2.31. The molecule has 1 aliphatic heterocycles. The van der Waals surface area contributed by atoms with E-state index in [4.69, 9.17) is 9.47 Å². The van der Waals surface area contributed by atoms with E-state index in [-0.39, 0.29) is 18.2 Å². The van der Waals surface area contributed by atoms with Crippen LogP contribution in [0.5, 0.6) is 5.88 Å². The molecule has 3 aromatic rings. The van der Waals surface area contributed by atoms with Crippen molar-refractivity contribution in [2.24, 2.45) is 0 Å². The summed E-state index contributed by atoms with van der Waals surface area (Å²) in [6.45, 7) is 8.72. The third-order valence-corrected chi connectivity index (χ3v) is 5.19. The van der Waals surface area contributed by atoms with E-state index in [0.29, 0.717) is 30.3 Å². The lowest BCUT2D eigenvalue weighted by molar-refractivity contribution is 0.0275. The molecule has 1 aromatic carbocycles. The van der Waals surface area contributed by atoms with Crippen LogP contribution in [0.4, 0.5) is 10.6 Å². The fourth-order valence-electron chi connectivity index (χ4n) is 3.61. The Bertz CT molecular complexity index is 1080. The number of pyridine rings is 1. The molecular weight excluding hydrogens is 406 g/mol. The van der Waals surface area contributed by atoms with Gasteiger partial charge in [-0.25, -0.2) is 19.7 Å². The van der Waals surface area contributed by atoms with Gasteiger partial charge in [0.1, 0.15) is 23.5 Å². The summed E-state index contributed by atoms with van der Waals surface area (Å²) in [5.41, 5.74) is 2.02. The molecule has 0 spiro atoms. The molecule has 2 aromatic heterocycles. The molecule has 0 saturated carbocycles. The van der Waals surface area contributed by atoms with Crippen LogP contribution in [0.25, 0.3) is 11.0 Å². The Kier molecular flexibility index (Phi) is 6.12. The Morgan fingerprint density at radius 2 is 1.94 bits per heavy atom. The van der Waals surface area contributed by atoms with Gasteiger partial charge in [-0.05, 0) is 39.3 Å². The van der Waals surface area contributed by atoms with E-state index in [9.17, 15) is 4.79 Å².